The van der Waals surface area contributed by atoms with Crippen LogP contribution in [0.3, 0.4) is 0 Å². The van der Waals surface area contributed by atoms with Crippen molar-refractivity contribution in [3.8, 4) is 11.4 Å². The van der Waals surface area contributed by atoms with E-state index in [9.17, 15) is 14.9 Å². The van der Waals surface area contributed by atoms with Gasteiger partial charge in [0.05, 0.1) is 17.7 Å². The molecule has 0 aliphatic rings. The van der Waals surface area contributed by atoms with Gasteiger partial charge in [0.25, 0.3) is 5.69 Å². The molecule has 1 aromatic heterocycles. The topological polar surface area (TPSA) is 112 Å². The first-order valence-corrected chi connectivity index (χ1v) is 11.2. The molecule has 3 aromatic carbocycles. The molecule has 0 unspecified atom stereocenters. The number of ether oxygens (including phenoxy) is 1. The van der Waals surface area contributed by atoms with Crippen LogP contribution in [0.15, 0.2) is 84.3 Å². The molecule has 0 aliphatic carbocycles. The van der Waals surface area contributed by atoms with E-state index in [1.807, 2.05) is 54.6 Å². The van der Waals surface area contributed by atoms with Gasteiger partial charge < -0.3 is 10.1 Å². The number of anilines is 1. The molecule has 0 aliphatic heterocycles. The average molecular weight is 476 g/mol. The third kappa shape index (κ3) is 4.91. The van der Waals surface area contributed by atoms with Crippen LogP contribution in [0.4, 0.5) is 11.4 Å². The number of hydrogen-bond donors (Lipinski definition) is 1. The number of amides is 1. The van der Waals surface area contributed by atoms with Crippen molar-refractivity contribution in [3.63, 3.8) is 0 Å². The molecule has 4 aromatic rings. The number of benzene rings is 3. The summed E-state index contributed by atoms with van der Waals surface area (Å²) < 4.78 is 7.19. The standard InChI is InChI=1S/C24H21N5O4S/c1-16-12-13-18(20(14-16)29(31)32)26-23(30)22(17-8-4-3-5-9-17)34-24-27-25-15-28(24)19-10-6-7-11-21(19)33-2/h3-15,22H,1-2H3,(H,26,30)/t22-/m1/s1. The summed E-state index contributed by atoms with van der Waals surface area (Å²) in [6, 6.07) is 21.2. The Labute approximate surface area is 199 Å². The summed E-state index contributed by atoms with van der Waals surface area (Å²) in [7, 11) is 1.57. The summed E-state index contributed by atoms with van der Waals surface area (Å²) in [4.78, 5) is 24.5. The number of carbonyl (C=O) groups excluding carboxylic acids is 1. The Bertz CT molecular complexity index is 1330. The molecule has 0 saturated heterocycles. The fourth-order valence-electron chi connectivity index (χ4n) is 3.40. The SMILES string of the molecule is COc1ccccc1-n1cnnc1S[C@@H](C(=O)Nc1ccc(C)cc1[N+](=O)[O-])c1ccccc1. The van der Waals surface area contributed by atoms with Crippen molar-refractivity contribution in [1.82, 2.24) is 14.8 Å². The largest absolute Gasteiger partial charge is 0.495 e. The van der Waals surface area contributed by atoms with Crippen molar-refractivity contribution in [3.05, 3.63) is 100 Å². The molecule has 1 N–H and O–H groups in total. The van der Waals surface area contributed by atoms with Crippen LogP contribution < -0.4 is 10.1 Å². The van der Waals surface area contributed by atoms with Crippen LogP contribution in [0.5, 0.6) is 5.75 Å². The Balaban J connectivity index is 1.69. The minimum atomic E-state index is -0.750. The third-order valence-corrected chi connectivity index (χ3v) is 6.24. The summed E-state index contributed by atoms with van der Waals surface area (Å²) >= 11 is 1.19. The third-order valence-electron chi connectivity index (χ3n) is 5.03. The maximum Gasteiger partial charge on any atom is 0.293 e. The maximum atomic E-state index is 13.4. The lowest BCUT2D eigenvalue weighted by Gasteiger charge is -2.18. The van der Waals surface area contributed by atoms with Crippen molar-refractivity contribution in [2.45, 2.75) is 17.3 Å². The molecular formula is C24H21N5O4S. The zero-order chi connectivity index (χ0) is 24.1. The Hall–Kier alpha value is -4.18. The molecule has 0 fully saturated rings. The molecule has 9 nitrogen and oxygen atoms in total. The zero-order valence-corrected chi connectivity index (χ0v) is 19.2. The molecule has 34 heavy (non-hydrogen) atoms. The summed E-state index contributed by atoms with van der Waals surface area (Å²) in [6.07, 6.45) is 1.55. The first-order valence-electron chi connectivity index (χ1n) is 10.3. The number of nitro groups is 1. The first-order chi connectivity index (χ1) is 16.5. The van der Waals surface area contributed by atoms with Gasteiger partial charge in [-0.15, -0.1) is 10.2 Å². The summed E-state index contributed by atoms with van der Waals surface area (Å²) in [6.45, 7) is 1.76. The highest BCUT2D eigenvalue weighted by Crippen LogP contribution is 2.38. The molecule has 1 heterocycles. The summed E-state index contributed by atoms with van der Waals surface area (Å²) in [5.74, 6) is 0.206. The van der Waals surface area contributed by atoms with E-state index in [1.54, 1.807) is 31.0 Å². The van der Waals surface area contributed by atoms with E-state index < -0.39 is 16.1 Å². The van der Waals surface area contributed by atoms with E-state index in [1.165, 1.54) is 23.9 Å². The Morgan fingerprint density at radius 2 is 1.85 bits per heavy atom. The number of para-hydroxylation sites is 2. The molecule has 0 bridgehead atoms. The molecular weight excluding hydrogens is 454 g/mol. The second-order valence-corrected chi connectivity index (χ2v) is 8.40. The maximum absolute atomic E-state index is 13.4. The van der Waals surface area contributed by atoms with Gasteiger partial charge in [0, 0.05) is 6.07 Å². The van der Waals surface area contributed by atoms with Gasteiger partial charge in [-0.1, -0.05) is 60.3 Å². The molecule has 0 radical (unpaired) electrons. The average Bonchev–Trinajstić information content (AvgIpc) is 3.32. The van der Waals surface area contributed by atoms with E-state index in [4.69, 9.17) is 4.74 Å². The number of aromatic nitrogens is 3. The highest BCUT2D eigenvalue weighted by molar-refractivity contribution is 8.00. The number of rotatable bonds is 8. The van der Waals surface area contributed by atoms with Crippen molar-refractivity contribution in [1.29, 1.82) is 0 Å². The van der Waals surface area contributed by atoms with Crippen LogP contribution in [0, 0.1) is 17.0 Å². The lowest BCUT2D eigenvalue weighted by molar-refractivity contribution is -0.384. The Morgan fingerprint density at radius 1 is 1.12 bits per heavy atom. The highest BCUT2D eigenvalue weighted by Gasteiger charge is 2.27. The first kappa shape index (κ1) is 23.0. The predicted molar refractivity (Wildman–Crippen MR) is 129 cm³/mol. The number of methoxy groups -OCH3 is 1. The predicted octanol–water partition coefficient (Wildman–Crippen LogP) is 4.96. The lowest BCUT2D eigenvalue weighted by Crippen LogP contribution is -2.20. The van der Waals surface area contributed by atoms with Crippen LogP contribution in [-0.2, 0) is 4.79 Å². The number of aryl methyl sites for hydroxylation is 1. The normalized spacial score (nSPS) is 11.6. The quantitative estimate of drug-likeness (QED) is 0.218. The number of carbonyl (C=O) groups is 1. The van der Waals surface area contributed by atoms with E-state index in [-0.39, 0.29) is 11.4 Å². The molecule has 4 rings (SSSR count). The Kier molecular flexibility index (Phi) is 6.88. The Morgan fingerprint density at radius 3 is 2.59 bits per heavy atom. The zero-order valence-electron chi connectivity index (χ0n) is 18.4. The van der Waals surface area contributed by atoms with Gasteiger partial charge in [0.2, 0.25) is 5.91 Å². The van der Waals surface area contributed by atoms with E-state index >= 15 is 0 Å². The van der Waals surface area contributed by atoms with Crippen LogP contribution >= 0.6 is 11.8 Å². The number of nitro benzene ring substituents is 1. The van der Waals surface area contributed by atoms with Gasteiger partial charge in [-0.2, -0.15) is 0 Å². The van der Waals surface area contributed by atoms with Gasteiger partial charge in [0.15, 0.2) is 5.16 Å². The molecule has 0 spiro atoms. The van der Waals surface area contributed by atoms with Gasteiger partial charge in [-0.05, 0) is 36.2 Å². The van der Waals surface area contributed by atoms with Crippen molar-refractivity contribution in [2.24, 2.45) is 0 Å². The van der Waals surface area contributed by atoms with Crippen LogP contribution in [0.1, 0.15) is 16.4 Å². The van der Waals surface area contributed by atoms with Gasteiger partial charge >= 0.3 is 0 Å². The number of nitrogens with zero attached hydrogens (tertiary/aromatic N) is 4. The number of thioether (sulfide) groups is 1. The lowest BCUT2D eigenvalue weighted by atomic mass is 10.1. The smallest absolute Gasteiger partial charge is 0.293 e. The number of hydrogen-bond acceptors (Lipinski definition) is 7. The second kappa shape index (κ2) is 10.2. The second-order valence-electron chi connectivity index (χ2n) is 7.33. The van der Waals surface area contributed by atoms with Crippen LogP contribution in [0.25, 0.3) is 5.69 Å². The monoisotopic (exact) mass is 475 g/mol. The molecule has 1 amide bonds. The summed E-state index contributed by atoms with van der Waals surface area (Å²) in [5, 5.41) is 22.2. The molecule has 0 saturated carbocycles. The minimum absolute atomic E-state index is 0.133. The minimum Gasteiger partial charge on any atom is -0.495 e. The van der Waals surface area contributed by atoms with E-state index in [0.717, 1.165) is 11.3 Å². The van der Waals surface area contributed by atoms with Crippen molar-refractivity contribution >= 4 is 29.0 Å². The van der Waals surface area contributed by atoms with Crippen molar-refractivity contribution < 1.29 is 14.5 Å². The molecule has 172 valence electrons. The van der Waals surface area contributed by atoms with E-state index in [2.05, 4.69) is 15.5 Å². The highest BCUT2D eigenvalue weighted by atomic mass is 32.2. The molecule has 10 heteroatoms. The van der Waals surface area contributed by atoms with Crippen LogP contribution in [-0.4, -0.2) is 32.7 Å². The van der Waals surface area contributed by atoms with Gasteiger partial charge in [-0.3, -0.25) is 19.5 Å². The fraction of sp³-hybridized carbons (Fsp3) is 0.125. The van der Waals surface area contributed by atoms with Crippen molar-refractivity contribution in [2.75, 3.05) is 12.4 Å². The van der Waals surface area contributed by atoms with E-state index in [0.29, 0.717) is 16.5 Å². The summed E-state index contributed by atoms with van der Waals surface area (Å²) in [5.41, 5.74) is 2.13. The van der Waals surface area contributed by atoms with Crippen LogP contribution in [0.2, 0.25) is 0 Å². The fourth-order valence-corrected chi connectivity index (χ4v) is 4.43. The van der Waals surface area contributed by atoms with Gasteiger partial charge in [0.1, 0.15) is 23.0 Å². The molecule has 1 atom stereocenters. The number of nitrogens with one attached hydrogen (secondary N) is 1. The van der Waals surface area contributed by atoms with Gasteiger partial charge in [-0.25, -0.2) is 0 Å².